The predicted octanol–water partition coefficient (Wildman–Crippen LogP) is 2.39. The normalized spacial score (nSPS) is 28.3. The third-order valence-corrected chi connectivity index (χ3v) is 4.47. The molecule has 1 fully saturated rings. The van der Waals surface area contributed by atoms with Crippen molar-refractivity contribution in [3.05, 3.63) is 35.6 Å². The summed E-state index contributed by atoms with van der Waals surface area (Å²) in [5.41, 5.74) is -0.0177. The quantitative estimate of drug-likeness (QED) is 0.777. The smallest absolute Gasteiger partial charge is 0.129 e. The maximum absolute atomic E-state index is 13.6. The molecule has 4 heteroatoms. The van der Waals surface area contributed by atoms with E-state index in [1.54, 1.807) is 18.2 Å². The van der Waals surface area contributed by atoms with Crippen LogP contribution in [0.3, 0.4) is 0 Å². The van der Waals surface area contributed by atoms with Crippen molar-refractivity contribution in [1.29, 1.82) is 0 Å². The molecule has 0 saturated heterocycles. The van der Waals surface area contributed by atoms with Crippen molar-refractivity contribution in [3.8, 4) is 0 Å². The minimum Gasteiger partial charge on any atom is -0.394 e. The average Bonchev–Trinajstić information content (AvgIpc) is 2.47. The Balaban J connectivity index is 1.95. The van der Waals surface area contributed by atoms with Crippen LogP contribution in [0.4, 0.5) is 4.39 Å². The fourth-order valence-electron chi connectivity index (χ4n) is 2.87. The SMILES string of the molecule is CC1CCC(CO)(NCC(O)c2ccccc2F)CC1. The van der Waals surface area contributed by atoms with Gasteiger partial charge in [-0.05, 0) is 37.7 Å². The standard InChI is InChI=1S/C16H24FNO2/c1-12-6-8-16(11-19,9-7-12)18-10-15(20)13-4-2-3-5-14(13)17/h2-5,12,15,18-20H,6-11H2,1H3. The minimum atomic E-state index is -0.890. The number of hydrogen-bond donors (Lipinski definition) is 3. The van der Waals surface area contributed by atoms with Gasteiger partial charge < -0.3 is 15.5 Å². The fraction of sp³-hybridized carbons (Fsp3) is 0.625. The van der Waals surface area contributed by atoms with Crippen LogP contribution >= 0.6 is 0 Å². The van der Waals surface area contributed by atoms with Gasteiger partial charge in [-0.1, -0.05) is 25.1 Å². The van der Waals surface area contributed by atoms with Gasteiger partial charge in [0, 0.05) is 17.6 Å². The number of nitrogens with one attached hydrogen (secondary N) is 1. The summed E-state index contributed by atoms with van der Waals surface area (Å²) in [6.07, 6.45) is 3.05. The molecule has 0 heterocycles. The highest BCUT2D eigenvalue weighted by molar-refractivity contribution is 5.20. The lowest BCUT2D eigenvalue weighted by Gasteiger charge is -2.39. The zero-order chi connectivity index (χ0) is 14.6. The van der Waals surface area contributed by atoms with Crippen LogP contribution in [0.2, 0.25) is 0 Å². The molecule has 0 spiro atoms. The molecule has 0 aromatic heterocycles. The Bertz CT molecular complexity index is 430. The Morgan fingerprint density at radius 1 is 1.35 bits per heavy atom. The Labute approximate surface area is 119 Å². The highest BCUT2D eigenvalue weighted by Gasteiger charge is 2.33. The van der Waals surface area contributed by atoms with Crippen LogP contribution in [0.1, 0.15) is 44.3 Å². The van der Waals surface area contributed by atoms with Crippen molar-refractivity contribution in [2.75, 3.05) is 13.2 Å². The third kappa shape index (κ3) is 3.57. The molecule has 0 amide bonds. The van der Waals surface area contributed by atoms with E-state index in [0.29, 0.717) is 11.5 Å². The van der Waals surface area contributed by atoms with Crippen molar-refractivity contribution >= 4 is 0 Å². The molecule has 0 bridgehead atoms. The van der Waals surface area contributed by atoms with Gasteiger partial charge in [-0.2, -0.15) is 0 Å². The van der Waals surface area contributed by atoms with Gasteiger partial charge in [-0.3, -0.25) is 0 Å². The van der Waals surface area contributed by atoms with Crippen molar-refractivity contribution in [2.24, 2.45) is 5.92 Å². The van der Waals surface area contributed by atoms with Crippen molar-refractivity contribution in [2.45, 2.75) is 44.2 Å². The molecule has 20 heavy (non-hydrogen) atoms. The second-order valence-corrected chi connectivity index (χ2v) is 6.04. The summed E-state index contributed by atoms with van der Waals surface area (Å²) in [6.45, 7) is 2.54. The first kappa shape index (κ1) is 15.4. The molecule has 0 aliphatic heterocycles. The maximum atomic E-state index is 13.6. The Hall–Kier alpha value is -0.970. The lowest BCUT2D eigenvalue weighted by atomic mass is 9.77. The van der Waals surface area contributed by atoms with E-state index in [2.05, 4.69) is 12.2 Å². The topological polar surface area (TPSA) is 52.5 Å². The molecule has 3 nitrogen and oxygen atoms in total. The van der Waals surface area contributed by atoms with Gasteiger partial charge in [0.1, 0.15) is 5.82 Å². The largest absolute Gasteiger partial charge is 0.394 e. The summed E-state index contributed by atoms with van der Waals surface area (Å²) in [7, 11) is 0. The first-order chi connectivity index (χ1) is 9.56. The molecule has 1 saturated carbocycles. The van der Waals surface area contributed by atoms with E-state index in [4.69, 9.17) is 0 Å². The molecule has 1 atom stereocenters. The number of rotatable bonds is 5. The summed E-state index contributed by atoms with van der Waals surface area (Å²) in [5.74, 6) is 0.296. The molecule has 112 valence electrons. The first-order valence-electron chi connectivity index (χ1n) is 7.35. The lowest BCUT2D eigenvalue weighted by Crippen LogP contribution is -2.52. The van der Waals surface area contributed by atoms with E-state index in [9.17, 15) is 14.6 Å². The van der Waals surface area contributed by atoms with Crippen molar-refractivity contribution in [1.82, 2.24) is 5.32 Å². The Kier molecular flexibility index (Phi) is 5.13. The zero-order valence-corrected chi connectivity index (χ0v) is 12.0. The van der Waals surface area contributed by atoms with Crippen LogP contribution in [0.5, 0.6) is 0 Å². The second kappa shape index (κ2) is 6.66. The van der Waals surface area contributed by atoms with Crippen LogP contribution in [0.25, 0.3) is 0 Å². The molecule has 2 rings (SSSR count). The fourth-order valence-corrected chi connectivity index (χ4v) is 2.87. The van der Waals surface area contributed by atoms with Crippen LogP contribution < -0.4 is 5.32 Å². The van der Waals surface area contributed by atoms with Crippen molar-refractivity contribution in [3.63, 3.8) is 0 Å². The monoisotopic (exact) mass is 281 g/mol. The summed E-state index contributed by atoms with van der Waals surface area (Å²) < 4.78 is 13.6. The van der Waals surface area contributed by atoms with E-state index in [-0.39, 0.29) is 18.7 Å². The first-order valence-corrected chi connectivity index (χ1v) is 7.35. The predicted molar refractivity (Wildman–Crippen MR) is 76.8 cm³/mol. The van der Waals surface area contributed by atoms with Gasteiger partial charge in [0.25, 0.3) is 0 Å². The molecular formula is C16H24FNO2. The van der Waals surface area contributed by atoms with E-state index in [1.165, 1.54) is 6.07 Å². The van der Waals surface area contributed by atoms with Crippen LogP contribution in [0.15, 0.2) is 24.3 Å². The Morgan fingerprint density at radius 2 is 2.00 bits per heavy atom. The van der Waals surface area contributed by atoms with Gasteiger partial charge in [0.2, 0.25) is 0 Å². The van der Waals surface area contributed by atoms with E-state index in [0.717, 1.165) is 25.7 Å². The van der Waals surface area contributed by atoms with Gasteiger partial charge in [0.15, 0.2) is 0 Å². The van der Waals surface area contributed by atoms with Crippen LogP contribution in [-0.4, -0.2) is 28.9 Å². The summed E-state index contributed by atoms with van der Waals surface area (Å²) in [4.78, 5) is 0. The van der Waals surface area contributed by atoms with Crippen LogP contribution in [-0.2, 0) is 0 Å². The van der Waals surface area contributed by atoms with Gasteiger partial charge in [0.05, 0.1) is 12.7 Å². The number of aliphatic hydroxyl groups is 2. The molecule has 1 aliphatic carbocycles. The molecular weight excluding hydrogens is 257 g/mol. The second-order valence-electron chi connectivity index (χ2n) is 6.04. The summed E-state index contributed by atoms with van der Waals surface area (Å²) in [5, 5.41) is 23.0. The highest BCUT2D eigenvalue weighted by atomic mass is 19.1. The molecule has 1 aromatic rings. The average molecular weight is 281 g/mol. The van der Waals surface area contributed by atoms with E-state index >= 15 is 0 Å². The van der Waals surface area contributed by atoms with Gasteiger partial charge in [-0.15, -0.1) is 0 Å². The minimum absolute atomic E-state index is 0.0592. The summed E-state index contributed by atoms with van der Waals surface area (Å²) in [6, 6.07) is 6.27. The maximum Gasteiger partial charge on any atom is 0.129 e. The number of aliphatic hydroxyl groups excluding tert-OH is 2. The number of β-amino-alcohol motifs (C(OH)–C–C–N with tert-alkyl or cyclic N) is 1. The van der Waals surface area contributed by atoms with E-state index in [1.807, 2.05) is 0 Å². The molecule has 1 aliphatic rings. The molecule has 1 unspecified atom stereocenters. The zero-order valence-electron chi connectivity index (χ0n) is 12.0. The number of benzene rings is 1. The number of halogens is 1. The number of hydrogen-bond acceptors (Lipinski definition) is 3. The van der Waals surface area contributed by atoms with Crippen molar-refractivity contribution < 1.29 is 14.6 Å². The molecule has 0 radical (unpaired) electrons. The third-order valence-electron chi connectivity index (χ3n) is 4.47. The van der Waals surface area contributed by atoms with Gasteiger partial charge in [-0.25, -0.2) is 4.39 Å². The van der Waals surface area contributed by atoms with Gasteiger partial charge >= 0.3 is 0 Å². The molecule has 1 aromatic carbocycles. The van der Waals surface area contributed by atoms with Crippen LogP contribution in [0, 0.1) is 11.7 Å². The Morgan fingerprint density at radius 3 is 2.60 bits per heavy atom. The highest BCUT2D eigenvalue weighted by Crippen LogP contribution is 2.32. The summed E-state index contributed by atoms with van der Waals surface area (Å²) >= 11 is 0. The molecule has 3 N–H and O–H groups in total. The lowest BCUT2D eigenvalue weighted by molar-refractivity contribution is 0.0827. The van der Waals surface area contributed by atoms with E-state index < -0.39 is 11.9 Å².